The van der Waals surface area contributed by atoms with Crippen LogP contribution >= 0.6 is 0 Å². The number of allylic oxidation sites excluding steroid dienone is 1. The van der Waals surface area contributed by atoms with Gasteiger partial charge in [0.05, 0.1) is 19.6 Å². The average Bonchev–Trinajstić information content (AvgIpc) is 3.29. The zero-order valence-electron chi connectivity index (χ0n) is 26.4. The van der Waals surface area contributed by atoms with Gasteiger partial charge >= 0.3 is 11.9 Å². The van der Waals surface area contributed by atoms with Gasteiger partial charge in [-0.05, 0) is 73.3 Å². The summed E-state index contributed by atoms with van der Waals surface area (Å²) in [4.78, 5) is 63.0. The monoisotopic (exact) mass is 623 g/mol. The van der Waals surface area contributed by atoms with Crippen LogP contribution in [0.1, 0.15) is 77.2 Å². The first-order chi connectivity index (χ1) is 21.3. The van der Waals surface area contributed by atoms with Crippen LogP contribution in [0.15, 0.2) is 42.0 Å². The van der Waals surface area contributed by atoms with Crippen LogP contribution in [0, 0.1) is 28.6 Å². The van der Waals surface area contributed by atoms with E-state index in [9.17, 15) is 34.2 Å². The number of ketones is 2. The molecule has 0 heterocycles. The normalized spacial score (nSPS) is 34.3. The summed E-state index contributed by atoms with van der Waals surface area (Å²) < 4.78 is 10.0. The lowest BCUT2D eigenvalue weighted by atomic mass is 9.45. The van der Waals surface area contributed by atoms with Gasteiger partial charge in [-0.2, -0.15) is 0 Å². The molecule has 10 heteroatoms. The Hall–Kier alpha value is -3.37. The van der Waals surface area contributed by atoms with E-state index in [0.717, 1.165) is 24.0 Å². The predicted molar refractivity (Wildman–Crippen MR) is 162 cm³/mol. The lowest BCUT2D eigenvalue weighted by Gasteiger charge is -2.60. The lowest BCUT2D eigenvalue weighted by molar-refractivity contribution is -0.184. The van der Waals surface area contributed by atoms with E-state index in [-0.39, 0.29) is 61.1 Å². The molecule has 45 heavy (non-hydrogen) atoms. The summed E-state index contributed by atoms with van der Waals surface area (Å²) in [6, 6.07) is 8.21. The quantitative estimate of drug-likeness (QED) is 0.334. The number of carbonyl (C=O) groups excluding carboxylic acids is 5. The van der Waals surface area contributed by atoms with Gasteiger partial charge in [0.2, 0.25) is 11.7 Å². The van der Waals surface area contributed by atoms with Gasteiger partial charge in [-0.25, -0.2) is 4.79 Å². The Balaban J connectivity index is 1.16. The molecule has 0 bridgehead atoms. The zero-order chi connectivity index (χ0) is 32.6. The Bertz CT molecular complexity index is 1370. The SMILES string of the molecule is COC(=O)C(Cc1ccccc1)NC(=O)CCC(=O)OCC(=O)[C@@]1(O)CC[C@H]2[C@@H]3CCC4=CC(=O)CC[C@]4(C)[C@H]3[C@@H](O)C[C@@]21C. The molecule has 10 nitrogen and oxygen atoms in total. The number of rotatable bonds is 10. The number of ether oxygens (including phenoxy) is 2. The Kier molecular flexibility index (Phi) is 9.38. The van der Waals surface area contributed by atoms with Crippen LogP contribution in [0.25, 0.3) is 0 Å². The molecule has 4 aliphatic rings. The van der Waals surface area contributed by atoms with Crippen LogP contribution in [0.5, 0.6) is 0 Å². The maximum atomic E-state index is 13.5. The summed E-state index contributed by atoms with van der Waals surface area (Å²) in [7, 11) is 1.23. The molecule has 3 fully saturated rings. The van der Waals surface area contributed by atoms with E-state index in [1.54, 1.807) is 6.08 Å². The molecule has 1 aromatic carbocycles. The van der Waals surface area contributed by atoms with Gasteiger partial charge in [0.1, 0.15) is 11.6 Å². The van der Waals surface area contributed by atoms with Gasteiger partial charge < -0.3 is 25.0 Å². The standard InChI is InChI=1S/C35H45NO9/c1-33-15-13-23(37)18-22(33)9-10-24-25-14-16-35(43,34(25,2)19-27(38)31(24)33)28(39)20-45-30(41)12-11-29(40)36-26(32(42)44-3)17-21-7-5-4-6-8-21/h4-8,18,24-27,31,38,43H,9-17,19-20H2,1-3H3,(H,36,40)/t24-,25-,26?,27-,31+,33-,34-,35-/m0/s1. The van der Waals surface area contributed by atoms with Crippen molar-refractivity contribution in [2.24, 2.45) is 28.6 Å². The molecule has 8 atom stereocenters. The van der Waals surface area contributed by atoms with E-state index in [4.69, 9.17) is 9.47 Å². The number of methoxy groups -OCH3 is 1. The van der Waals surface area contributed by atoms with Gasteiger partial charge in [-0.1, -0.05) is 49.8 Å². The minimum Gasteiger partial charge on any atom is -0.467 e. The zero-order valence-corrected chi connectivity index (χ0v) is 26.4. The number of aliphatic hydroxyl groups excluding tert-OH is 1. The van der Waals surface area contributed by atoms with Crippen LogP contribution in [-0.2, 0) is 39.9 Å². The summed E-state index contributed by atoms with van der Waals surface area (Å²) in [6.45, 7) is 3.40. The molecular weight excluding hydrogens is 578 g/mol. The Morgan fingerprint density at radius 2 is 1.78 bits per heavy atom. The molecule has 0 radical (unpaired) electrons. The Morgan fingerprint density at radius 3 is 2.49 bits per heavy atom. The van der Waals surface area contributed by atoms with E-state index in [2.05, 4.69) is 12.2 Å². The summed E-state index contributed by atoms with van der Waals surface area (Å²) in [5.74, 6) is -2.31. The van der Waals surface area contributed by atoms with Crippen molar-refractivity contribution in [2.45, 2.75) is 95.8 Å². The third kappa shape index (κ3) is 6.11. The second kappa shape index (κ2) is 12.8. The number of fused-ring (bicyclic) bond motifs is 5. The minimum absolute atomic E-state index is 0.00823. The molecule has 0 aromatic heterocycles. The number of Topliss-reactive ketones (excluding diaryl/α,β-unsaturated/α-hetero) is 1. The maximum absolute atomic E-state index is 13.5. The maximum Gasteiger partial charge on any atom is 0.328 e. The van der Waals surface area contributed by atoms with Crippen LogP contribution in [0.3, 0.4) is 0 Å². The van der Waals surface area contributed by atoms with E-state index >= 15 is 0 Å². The molecule has 244 valence electrons. The number of carbonyl (C=O) groups is 5. The largest absolute Gasteiger partial charge is 0.467 e. The second-order valence-electron chi connectivity index (χ2n) is 13.9. The molecule has 0 aliphatic heterocycles. The number of aliphatic hydroxyl groups is 2. The fourth-order valence-corrected chi connectivity index (χ4v) is 9.16. The first-order valence-electron chi connectivity index (χ1n) is 16.1. The van der Waals surface area contributed by atoms with E-state index < -0.39 is 53.4 Å². The van der Waals surface area contributed by atoms with Gasteiger partial charge in [-0.15, -0.1) is 0 Å². The van der Waals surface area contributed by atoms with Gasteiger partial charge in [0, 0.05) is 24.7 Å². The first-order valence-corrected chi connectivity index (χ1v) is 16.1. The van der Waals surface area contributed by atoms with E-state index in [1.807, 2.05) is 37.3 Å². The molecule has 0 saturated heterocycles. The molecule has 3 saturated carbocycles. The number of hydrogen-bond donors (Lipinski definition) is 3. The van der Waals surface area contributed by atoms with Crippen LogP contribution in [0.4, 0.5) is 0 Å². The molecule has 1 amide bonds. The summed E-state index contributed by atoms with van der Waals surface area (Å²) in [5, 5.41) is 26.0. The van der Waals surface area contributed by atoms with Crippen LogP contribution in [0.2, 0.25) is 0 Å². The number of nitrogens with one attached hydrogen (secondary N) is 1. The highest BCUT2D eigenvalue weighted by Gasteiger charge is 2.68. The van der Waals surface area contributed by atoms with E-state index in [1.165, 1.54) is 7.11 Å². The van der Waals surface area contributed by atoms with E-state index in [0.29, 0.717) is 19.3 Å². The van der Waals surface area contributed by atoms with Crippen molar-refractivity contribution in [2.75, 3.05) is 13.7 Å². The molecule has 3 N–H and O–H groups in total. The van der Waals surface area contributed by atoms with Crippen molar-refractivity contribution in [1.82, 2.24) is 5.32 Å². The third-order valence-corrected chi connectivity index (χ3v) is 11.5. The molecule has 4 aliphatic carbocycles. The smallest absolute Gasteiger partial charge is 0.328 e. The predicted octanol–water partition coefficient (Wildman–Crippen LogP) is 3.01. The van der Waals surface area contributed by atoms with Crippen LogP contribution < -0.4 is 5.32 Å². The van der Waals surface area contributed by atoms with Gasteiger partial charge in [0.15, 0.2) is 12.4 Å². The summed E-state index contributed by atoms with van der Waals surface area (Å²) in [6.07, 6.45) is 4.51. The fraction of sp³-hybridized carbons (Fsp3) is 0.629. The molecular formula is C35H45NO9. The number of amides is 1. The van der Waals surface area contributed by atoms with Crippen molar-refractivity contribution >= 4 is 29.4 Å². The number of hydrogen-bond acceptors (Lipinski definition) is 9. The summed E-state index contributed by atoms with van der Waals surface area (Å²) >= 11 is 0. The van der Waals surface area contributed by atoms with Crippen molar-refractivity contribution < 1.29 is 43.7 Å². The third-order valence-electron chi connectivity index (χ3n) is 11.5. The van der Waals surface area contributed by atoms with Crippen molar-refractivity contribution in [3.8, 4) is 0 Å². The second-order valence-corrected chi connectivity index (χ2v) is 13.9. The lowest BCUT2D eigenvalue weighted by Crippen LogP contribution is -2.62. The van der Waals surface area contributed by atoms with Gasteiger partial charge in [0.25, 0.3) is 0 Å². The summed E-state index contributed by atoms with van der Waals surface area (Å²) in [5.41, 5.74) is -0.975. The molecule has 1 aromatic rings. The van der Waals surface area contributed by atoms with Crippen molar-refractivity contribution in [1.29, 1.82) is 0 Å². The van der Waals surface area contributed by atoms with Crippen molar-refractivity contribution in [3.63, 3.8) is 0 Å². The Morgan fingerprint density at radius 1 is 1.04 bits per heavy atom. The number of benzene rings is 1. The highest BCUT2D eigenvalue weighted by Crippen LogP contribution is 2.67. The molecule has 0 spiro atoms. The molecule has 1 unspecified atom stereocenters. The number of esters is 2. The van der Waals surface area contributed by atoms with Crippen molar-refractivity contribution in [3.05, 3.63) is 47.5 Å². The van der Waals surface area contributed by atoms with Crippen LogP contribution in [-0.4, -0.2) is 71.1 Å². The first kappa shape index (κ1) is 33.0. The Labute approximate surface area is 263 Å². The van der Waals surface area contributed by atoms with Gasteiger partial charge in [-0.3, -0.25) is 19.2 Å². The fourth-order valence-electron chi connectivity index (χ4n) is 9.16. The highest BCUT2D eigenvalue weighted by molar-refractivity contribution is 5.92. The topological polar surface area (TPSA) is 156 Å². The average molecular weight is 624 g/mol. The highest BCUT2D eigenvalue weighted by atomic mass is 16.5. The molecule has 5 rings (SSSR count). The minimum atomic E-state index is -1.76.